The Morgan fingerprint density at radius 1 is 1.00 bits per heavy atom. The maximum absolute atomic E-state index is 13.9. The molecule has 20 heavy (non-hydrogen) atoms. The van der Waals surface area contributed by atoms with Crippen LogP contribution in [0.25, 0.3) is 10.8 Å². The minimum atomic E-state index is -0.328. The van der Waals surface area contributed by atoms with Crippen LogP contribution >= 0.6 is 11.6 Å². The summed E-state index contributed by atoms with van der Waals surface area (Å²) in [7, 11) is 0. The largest absolute Gasteiger partial charge is 0.336 e. The molecule has 0 saturated heterocycles. The van der Waals surface area contributed by atoms with Gasteiger partial charge in [-0.3, -0.25) is 0 Å². The van der Waals surface area contributed by atoms with Crippen LogP contribution in [-0.2, 0) is 0 Å². The van der Waals surface area contributed by atoms with Gasteiger partial charge in [0.1, 0.15) is 5.82 Å². The molecule has 2 aromatic carbocycles. The van der Waals surface area contributed by atoms with Crippen LogP contribution in [-0.4, -0.2) is 10.2 Å². The van der Waals surface area contributed by atoms with E-state index in [-0.39, 0.29) is 5.82 Å². The van der Waals surface area contributed by atoms with Gasteiger partial charge < -0.3 is 5.32 Å². The summed E-state index contributed by atoms with van der Waals surface area (Å²) in [4.78, 5) is 0. The average Bonchev–Trinajstić information content (AvgIpc) is 2.46. The summed E-state index contributed by atoms with van der Waals surface area (Å²) in [6.45, 7) is 1.83. The Balaban J connectivity index is 2.14. The third-order valence-corrected chi connectivity index (χ3v) is 3.39. The van der Waals surface area contributed by atoms with Gasteiger partial charge >= 0.3 is 0 Å². The Bertz CT molecular complexity index is 769. The second-order valence-electron chi connectivity index (χ2n) is 4.44. The van der Waals surface area contributed by atoms with Crippen molar-refractivity contribution >= 4 is 33.9 Å². The highest BCUT2D eigenvalue weighted by molar-refractivity contribution is 6.34. The summed E-state index contributed by atoms with van der Waals surface area (Å²) in [6, 6.07) is 12.4. The maximum atomic E-state index is 13.9. The topological polar surface area (TPSA) is 37.8 Å². The van der Waals surface area contributed by atoms with E-state index in [4.69, 9.17) is 11.6 Å². The fraction of sp³-hybridized carbons (Fsp3) is 0.0667. The number of benzene rings is 2. The minimum absolute atomic E-state index is 0.328. The van der Waals surface area contributed by atoms with Crippen molar-refractivity contribution < 1.29 is 4.39 Å². The lowest BCUT2D eigenvalue weighted by molar-refractivity contribution is 0.630. The minimum Gasteiger partial charge on any atom is -0.336 e. The van der Waals surface area contributed by atoms with E-state index in [0.717, 1.165) is 16.3 Å². The molecule has 5 heteroatoms. The standard InChI is InChI=1S/C15H11ClFN3/c1-9-5-4-8-12(17)13(9)18-15-11-7-3-2-6-10(11)14(16)19-20-15/h2-8H,1H3,(H,18,20). The average molecular weight is 288 g/mol. The number of fused-ring (bicyclic) bond motifs is 1. The summed E-state index contributed by atoms with van der Waals surface area (Å²) in [5, 5.41) is 12.8. The van der Waals surface area contributed by atoms with Crippen molar-refractivity contribution in [1.29, 1.82) is 0 Å². The zero-order valence-electron chi connectivity index (χ0n) is 10.7. The van der Waals surface area contributed by atoms with E-state index in [1.165, 1.54) is 6.07 Å². The monoisotopic (exact) mass is 287 g/mol. The molecule has 1 N–H and O–H groups in total. The predicted octanol–water partition coefficient (Wildman–Crippen LogP) is 4.47. The van der Waals surface area contributed by atoms with Gasteiger partial charge in [-0.2, -0.15) is 0 Å². The smallest absolute Gasteiger partial charge is 0.161 e. The molecule has 1 aromatic heterocycles. The molecule has 1 heterocycles. The van der Waals surface area contributed by atoms with Crippen LogP contribution in [0, 0.1) is 12.7 Å². The van der Waals surface area contributed by atoms with Gasteiger partial charge in [0, 0.05) is 10.8 Å². The summed E-state index contributed by atoms with van der Waals surface area (Å²) in [5.74, 6) is 0.157. The van der Waals surface area contributed by atoms with Crippen LogP contribution in [0.1, 0.15) is 5.56 Å². The Kier molecular flexibility index (Phi) is 3.24. The van der Waals surface area contributed by atoms with E-state index in [9.17, 15) is 4.39 Å². The molecular weight excluding hydrogens is 277 g/mol. The summed E-state index contributed by atoms with van der Waals surface area (Å²) >= 11 is 6.02. The van der Waals surface area contributed by atoms with Crippen LogP contribution in [0.2, 0.25) is 5.15 Å². The maximum Gasteiger partial charge on any atom is 0.161 e. The van der Waals surface area contributed by atoms with E-state index in [1.807, 2.05) is 37.3 Å². The Labute approximate surface area is 120 Å². The molecule has 0 aliphatic rings. The number of rotatable bonds is 2. The molecule has 0 fully saturated rings. The van der Waals surface area contributed by atoms with E-state index in [0.29, 0.717) is 16.7 Å². The molecule has 0 aliphatic carbocycles. The molecule has 0 amide bonds. The number of nitrogens with zero attached hydrogens (tertiary/aromatic N) is 2. The lowest BCUT2D eigenvalue weighted by Gasteiger charge is -2.11. The number of para-hydroxylation sites is 1. The molecule has 3 rings (SSSR count). The third-order valence-electron chi connectivity index (χ3n) is 3.11. The molecule has 0 aliphatic heterocycles. The van der Waals surface area contributed by atoms with Gasteiger partial charge in [0.2, 0.25) is 0 Å². The second kappa shape index (κ2) is 5.06. The van der Waals surface area contributed by atoms with Gasteiger partial charge in [0.15, 0.2) is 11.0 Å². The lowest BCUT2D eigenvalue weighted by atomic mass is 10.1. The first kappa shape index (κ1) is 12.8. The van der Waals surface area contributed by atoms with Gasteiger partial charge in [-0.15, -0.1) is 10.2 Å². The summed E-state index contributed by atoms with van der Waals surface area (Å²) < 4.78 is 13.9. The quantitative estimate of drug-likeness (QED) is 0.755. The normalized spacial score (nSPS) is 10.8. The van der Waals surface area contributed by atoms with Crippen molar-refractivity contribution in [3.63, 3.8) is 0 Å². The van der Waals surface area contributed by atoms with E-state index in [2.05, 4.69) is 15.5 Å². The van der Waals surface area contributed by atoms with Crippen molar-refractivity contribution in [2.75, 3.05) is 5.32 Å². The Hall–Kier alpha value is -2.20. The highest BCUT2D eigenvalue weighted by Gasteiger charge is 2.11. The van der Waals surface area contributed by atoms with Crippen molar-refractivity contribution in [3.8, 4) is 0 Å². The molecule has 0 saturated carbocycles. The number of anilines is 2. The molecule has 3 aromatic rings. The molecular formula is C15H11ClFN3. The van der Waals surface area contributed by atoms with E-state index in [1.54, 1.807) is 6.07 Å². The SMILES string of the molecule is Cc1cccc(F)c1Nc1nnc(Cl)c2ccccc12. The van der Waals surface area contributed by atoms with Crippen LogP contribution in [0.4, 0.5) is 15.9 Å². The van der Waals surface area contributed by atoms with Crippen molar-refractivity contribution in [2.24, 2.45) is 0 Å². The predicted molar refractivity (Wildman–Crippen MR) is 79.0 cm³/mol. The van der Waals surface area contributed by atoms with Crippen molar-refractivity contribution in [3.05, 3.63) is 59.0 Å². The van der Waals surface area contributed by atoms with Gasteiger partial charge in [-0.05, 0) is 18.6 Å². The van der Waals surface area contributed by atoms with E-state index >= 15 is 0 Å². The first-order chi connectivity index (χ1) is 9.66. The second-order valence-corrected chi connectivity index (χ2v) is 4.80. The Morgan fingerprint density at radius 3 is 2.50 bits per heavy atom. The van der Waals surface area contributed by atoms with Gasteiger partial charge in [-0.1, -0.05) is 48.0 Å². The fourth-order valence-corrected chi connectivity index (χ4v) is 2.27. The lowest BCUT2D eigenvalue weighted by Crippen LogP contribution is -2.01. The number of nitrogens with one attached hydrogen (secondary N) is 1. The van der Waals surface area contributed by atoms with Crippen molar-refractivity contribution in [1.82, 2.24) is 10.2 Å². The van der Waals surface area contributed by atoms with Crippen LogP contribution < -0.4 is 5.32 Å². The zero-order valence-corrected chi connectivity index (χ0v) is 11.4. The summed E-state index contributed by atoms with van der Waals surface area (Å²) in [6.07, 6.45) is 0. The molecule has 0 unspecified atom stereocenters. The Morgan fingerprint density at radius 2 is 1.75 bits per heavy atom. The van der Waals surface area contributed by atoms with Gasteiger partial charge in [0.05, 0.1) is 5.69 Å². The number of aryl methyl sites for hydroxylation is 1. The molecule has 0 atom stereocenters. The third kappa shape index (κ3) is 2.18. The summed E-state index contributed by atoms with van der Waals surface area (Å²) in [5.41, 5.74) is 1.19. The van der Waals surface area contributed by atoms with Crippen LogP contribution in [0.3, 0.4) is 0 Å². The number of aromatic nitrogens is 2. The van der Waals surface area contributed by atoms with Gasteiger partial charge in [-0.25, -0.2) is 4.39 Å². The number of hydrogen-bond donors (Lipinski definition) is 1. The molecule has 0 bridgehead atoms. The van der Waals surface area contributed by atoms with Crippen molar-refractivity contribution in [2.45, 2.75) is 6.92 Å². The van der Waals surface area contributed by atoms with Gasteiger partial charge in [0.25, 0.3) is 0 Å². The number of halogens is 2. The molecule has 0 radical (unpaired) electrons. The van der Waals surface area contributed by atoms with Crippen LogP contribution in [0.5, 0.6) is 0 Å². The number of hydrogen-bond acceptors (Lipinski definition) is 3. The molecule has 0 spiro atoms. The highest BCUT2D eigenvalue weighted by atomic mass is 35.5. The molecule has 3 nitrogen and oxygen atoms in total. The zero-order chi connectivity index (χ0) is 14.1. The van der Waals surface area contributed by atoms with E-state index < -0.39 is 0 Å². The first-order valence-electron chi connectivity index (χ1n) is 6.10. The highest BCUT2D eigenvalue weighted by Crippen LogP contribution is 2.29. The molecule has 100 valence electrons. The first-order valence-corrected chi connectivity index (χ1v) is 6.47. The van der Waals surface area contributed by atoms with Crippen LogP contribution in [0.15, 0.2) is 42.5 Å². The fourth-order valence-electron chi connectivity index (χ4n) is 2.07.